The van der Waals surface area contributed by atoms with Crippen molar-refractivity contribution in [3.63, 3.8) is 0 Å². The summed E-state index contributed by atoms with van der Waals surface area (Å²) in [6, 6.07) is 9.65. The largest absolute Gasteiger partial charge is 0.380 e. The van der Waals surface area contributed by atoms with Crippen LogP contribution in [-0.4, -0.2) is 13.2 Å². The predicted octanol–water partition coefficient (Wildman–Crippen LogP) is 3.75. The molecule has 3 saturated carbocycles. The third-order valence-corrected chi connectivity index (χ3v) is 6.33. The highest BCUT2D eigenvalue weighted by Gasteiger charge is 2.53. The van der Waals surface area contributed by atoms with Crippen molar-refractivity contribution >= 4 is 0 Å². The molecule has 0 aromatic heterocycles. The highest BCUT2D eigenvalue weighted by molar-refractivity contribution is 5.22. The van der Waals surface area contributed by atoms with Crippen LogP contribution in [0.15, 0.2) is 24.3 Å². The molecule has 3 fully saturated rings. The molecule has 1 aromatic rings. The van der Waals surface area contributed by atoms with Crippen LogP contribution in [0.5, 0.6) is 0 Å². The molecule has 114 valence electrons. The van der Waals surface area contributed by atoms with Gasteiger partial charge in [0.1, 0.15) is 0 Å². The third kappa shape index (κ3) is 2.53. The maximum absolute atomic E-state index is 5.17. The molecule has 21 heavy (non-hydrogen) atoms. The first-order valence-corrected chi connectivity index (χ1v) is 8.65. The normalized spacial score (nSPS) is 37.1. The molecule has 0 amide bonds. The maximum atomic E-state index is 5.17. The van der Waals surface area contributed by atoms with E-state index in [2.05, 4.69) is 29.6 Å². The van der Waals surface area contributed by atoms with Crippen LogP contribution in [0.3, 0.4) is 0 Å². The second-order valence-electron chi connectivity index (χ2n) is 7.39. The topological polar surface area (TPSA) is 21.3 Å². The summed E-state index contributed by atoms with van der Waals surface area (Å²) in [6.07, 6.45) is 7.48. The Labute approximate surface area is 128 Å². The summed E-state index contributed by atoms with van der Waals surface area (Å²) in [7, 11) is 1.75. The molecule has 0 spiro atoms. The van der Waals surface area contributed by atoms with Crippen molar-refractivity contribution in [3.05, 3.63) is 35.4 Å². The molecule has 5 unspecified atom stereocenters. The van der Waals surface area contributed by atoms with Gasteiger partial charge in [0, 0.05) is 19.7 Å². The van der Waals surface area contributed by atoms with Gasteiger partial charge in [0.2, 0.25) is 0 Å². The zero-order chi connectivity index (χ0) is 14.2. The minimum Gasteiger partial charge on any atom is -0.380 e. The molecule has 4 rings (SSSR count). The van der Waals surface area contributed by atoms with Crippen LogP contribution in [0.1, 0.15) is 43.2 Å². The smallest absolute Gasteiger partial charge is 0.0713 e. The predicted molar refractivity (Wildman–Crippen MR) is 84.8 cm³/mol. The Morgan fingerprint density at radius 1 is 1.00 bits per heavy atom. The van der Waals surface area contributed by atoms with Crippen LogP contribution in [0.2, 0.25) is 0 Å². The minimum absolute atomic E-state index is 0.711. The van der Waals surface area contributed by atoms with Crippen molar-refractivity contribution < 1.29 is 4.74 Å². The first-order valence-electron chi connectivity index (χ1n) is 8.65. The summed E-state index contributed by atoms with van der Waals surface area (Å²) in [5, 5.41) is 3.86. The molecule has 0 radical (unpaired) electrons. The van der Waals surface area contributed by atoms with E-state index in [9.17, 15) is 0 Å². The van der Waals surface area contributed by atoms with Crippen molar-refractivity contribution in [2.75, 3.05) is 7.11 Å². The monoisotopic (exact) mass is 285 g/mol. The Balaban J connectivity index is 1.33. The molecule has 2 nitrogen and oxygen atoms in total. The standard InChI is InChI=1S/C19H27NO/c1-21-12-14-7-5-13(6-8-14)11-20-19-10-15-9-18(19)17-4-2-3-16(15)17/h5-8,15-20H,2-4,9-12H2,1H3. The van der Waals surface area contributed by atoms with Crippen LogP contribution < -0.4 is 5.32 Å². The fraction of sp³-hybridized carbons (Fsp3) is 0.684. The fourth-order valence-electron chi connectivity index (χ4n) is 5.47. The van der Waals surface area contributed by atoms with Gasteiger partial charge in [-0.3, -0.25) is 0 Å². The zero-order valence-electron chi connectivity index (χ0n) is 13.1. The first-order chi connectivity index (χ1) is 10.3. The Morgan fingerprint density at radius 3 is 2.57 bits per heavy atom. The highest BCUT2D eigenvalue weighted by atomic mass is 16.5. The van der Waals surface area contributed by atoms with E-state index in [-0.39, 0.29) is 0 Å². The number of ether oxygens (including phenoxy) is 1. The van der Waals surface area contributed by atoms with Gasteiger partial charge in [-0.05, 0) is 60.5 Å². The molecule has 1 N–H and O–H groups in total. The number of hydrogen-bond acceptors (Lipinski definition) is 2. The maximum Gasteiger partial charge on any atom is 0.0713 e. The average molecular weight is 285 g/mol. The molecule has 2 heteroatoms. The Morgan fingerprint density at radius 2 is 1.76 bits per heavy atom. The minimum atomic E-state index is 0.711. The molecule has 5 atom stereocenters. The molecular formula is C19H27NO. The van der Waals surface area contributed by atoms with Gasteiger partial charge in [0.05, 0.1) is 6.61 Å². The van der Waals surface area contributed by atoms with Crippen molar-refractivity contribution in [1.29, 1.82) is 0 Å². The lowest BCUT2D eigenvalue weighted by atomic mass is 9.79. The Hall–Kier alpha value is -0.860. The van der Waals surface area contributed by atoms with Crippen molar-refractivity contribution in [2.45, 2.75) is 51.3 Å². The van der Waals surface area contributed by atoms with Crippen molar-refractivity contribution in [2.24, 2.45) is 23.7 Å². The van der Waals surface area contributed by atoms with E-state index in [4.69, 9.17) is 4.74 Å². The van der Waals surface area contributed by atoms with Crippen molar-refractivity contribution in [3.8, 4) is 0 Å². The number of nitrogens with one attached hydrogen (secondary N) is 1. The van der Waals surface area contributed by atoms with E-state index in [1.165, 1.54) is 43.2 Å². The van der Waals surface area contributed by atoms with Crippen LogP contribution >= 0.6 is 0 Å². The molecule has 2 bridgehead atoms. The molecule has 3 aliphatic rings. The zero-order valence-corrected chi connectivity index (χ0v) is 13.1. The highest BCUT2D eigenvalue weighted by Crippen LogP contribution is 2.58. The van der Waals surface area contributed by atoms with E-state index < -0.39 is 0 Å². The lowest BCUT2D eigenvalue weighted by Gasteiger charge is -2.32. The summed E-state index contributed by atoms with van der Waals surface area (Å²) in [5.41, 5.74) is 2.66. The van der Waals surface area contributed by atoms with Gasteiger partial charge in [0.25, 0.3) is 0 Å². The van der Waals surface area contributed by atoms with Crippen LogP contribution in [0, 0.1) is 23.7 Å². The van der Waals surface area contributed by atoms with Gasteiger partial charge in [-0.15, -0.1) is 0 Å². The first kappa shape index (κ1) is 13.8. The van der Waals surface area contributed by atoms with Gasteiger partial charge >= 0.3 is 0 Å². The van der Waals surface area contributed by atoms with E-state index in [0.29, 0.717) is 6.61 Å². The molecule has 0 aliphatic heterocycles. The van der Waals surface area contributed by atoms with E-state index >= 15 is 0 Å². The van der Waals surface area contributed by atoms with Gasteiger partial charge in [-0.1, -0.05) is 30.7 Å². The average Bonchev–Trinajstić information content (AvgIpc) is 3.19. The van der Waals surface area contributed by atoms with Gasteiger partial charge < -0.3 is 10.1 Å². The van der Waals surface area contributed by atoms with Gasteiger partial charge in [-0.2, -0.15) is 0 Å². The van der Waals surface area contributed by atoms with Crippen molar-refractivity contribution in [1.82, 2.24) is 5.32 Å². The molecule has 0 saturated heterocycles. The summed E-state index contributed by atoms with van der Waals surface area (Å²) in [5.74, 6) is 4.19. The number of hydrogen-bond donors (Lipinski definition) is 1. The summed E-state index contributed by atoms with van der Waals surface area (Å²) < 4.78 is 5.17. The second-order valence-corrected chi connectivity index (χ2v) is 7.39. The lowest BCUT2D eigenvalue weighted by Crippen LogP contribution is -2.38. The summed E-state index contributed by atoms with van der Waals surface area (Å²) in [6.45, 7) is 1.74. The lowest BCUT2D eigenvalue weighted by molar-refractivity contribution is 0.185. The van der Waals surface area contributed by atoms with E-state index in [1.807, 2.05) is 0 Å². The molecule has 0 heterocycles. The third-order valence-electron chi connectivity index (χ3n) is 6.33. The Kier molecular flexibility index (Phi) is 3.76. The quantitative estimate of drug-likeness (QED) is 0.889. The van der Waals surface area contributed by atoms with Crippen LogP contribution in [0.4, 0.5) is 0 Å². The molecule has 1 aromatic carbocycles. The second kappa shape index (κ2) is 5.73. The number of fused-ring (bicyclic) bond motifs is 5. The summed E-state index contributed by atoms with van der Waals surface area (Å²) in [4.78, 5) is 0. The van der Waals surface area contributed by atoms with E-state index in [1.54, 1.807) is 7.11 Å². The van der Waals surface area contributed by atoms with Crippen LogP contribution in [0.25, 0.3) is 0 Å². The van der Waals surface area contributed by atoms with Gasteiger partial charge in [-0.25, -0.2) is 0 Å². The number of methoxy groups -OCH3 is 1. The summed E-state index contributed by atoms with van der Waals surface area (Å²) >= 11 is 0. The van der Waals surface area contributed by atoms with Crippen LogP contribution in [-0.2, 0) is 17.9 Å². The SMILES string of the molecule is COCc1ccc(CNC2CC3CC2C2CCCC32)cc1. The Bertz CT molecular complexity index is 483. The fourth-order valence-corrected chi connectivity index (χ4v) is 5.47. The van der Waals surface area contributed by atoms with E-state index in [0.717, 1.165) is 36.3 Å². The number of benzene rings is 1. The number of rotatable bonds is 5. The molecular weight excluding hydrogens is 258 g/mol. The van der Waals surface area contributed by atoms with Gasteiger partial charge in [0.15, 0.2) is 0 Å². The molecule has 3 aliphatic carbocycles.